The van der Waals surface area contributed by atoms with Gasteiger partial charge in [-0.2, -0.15) is 5.10 Å². The largest absolute Gasteiger partial charge is 0.446 e. The fourth-order valence-electron chi connectivity index (χ4n) is 3.66. The fourth-order valence-corrected chi connectivity index (χ4v) is 3.66. The summed E-state index contributed by atoms with van der Waals surface area (Å²) in [5.41, 5.74) is 7.72. The molecule has 150 valence electrons. The number of carbonyl (C=O) groups is 2. The first-order valence-electron chi connectivity index (χ1n) is 9.50. The number of hydrogen-bond donors (Lipinski definition) is 2. The number of amides is 2. The van der Waals surface area contributed by atoms with Crippen molar-refractivity contribution in [1.82, 2.24) is 19.7 Å². The molecule has 3 aromatic heterocycles. The molecule has 0 aromatic carbocycles. The number of nitrogens with one attached hydrogen (secondary N) is 1. The number of hydrogen-bond acceptors (Lipinski definition) is 6. The van der Waals surface area contributed by atoms with Crippen molar-refractivity contribution in [2.24, 2.45) is 18.7 Å². The number of anilines is 1. The van der Waals surface area contributed by atoms with E-state index in [1.54, 1.807) is 23.3 Å². The van der Waals surface area contributed by atoms with Crippen LogP contribution in [0.2, 0.25) is 0 Å². The molecule has 9 nitrogen and oxygen atoms in total. The van der Waals surface area contributed by atoms with E-state index in [0.717, 1.165) is 22.0 Å². The van der Waals surface area contributed by atoms with Gasteiger partial charge in [0.05, 0.1) is 17.9 Å². The maximum Gasteiger partial charge on any atom is 0.404 e. The van der Waals surface area contributed by atoms with Gasteiger partial charge in [0.1, 0.15) is 11.9 Å². The summed E-state index contributed by atoms with van der Waals surface area (Å²) < 4.78 is 6.75. The zero-order valence-electron chi connectivity index (χ0n) is 16.0. The van der Waals surface area contributed by atoms with E-state index in [1.807, 2.05) is 25.4 Å². The van der Waals surface area contributed by atoms with E-state index >= 15 is 0 Å². The predicted molar refractivity (Wildman–Crippen MR) is 107 cm³/mol. The number of primary amides is 1. The van der Waals surface area contributed by atoms with Crippen molar-refractivity contribution in [3.05, 3.63) is 36.9 Å². The average Bonchev–Trinajstić information content (AvgIpc) is 3.14. The van der Waals surface area contributed by atoms with Gasteiger partial charge in [-0.1, -0.05) is 0 Å². The molecule has 0 atom stereocenters. The van der Waals surface area contributed by atoms with Crippen LogP contribution in [0.15, 0.2) is 36.9 Å². The maximum atomic E-state index is 12.6. The molecule has 0 spiro atoms. The second-order valence-corrected chi connectivity index (χ2v) is 7.29. The lowest BCUT2D eigenvalue weighted by Gasteiger charge is -2.26. The first-order valence-corrected chi connectivity index (χ1v) is 9.50. The SMILES string of the molecule is Cn1cc(-c2cnc3cnc(NC(=O)[C@H]4CC[C@H](OC(N)=O)CC4)cc3c2)cn1. The molecule has 1 aliphatic carbocycles. The quantitative estimate of drug-likeness (QED) is 0.701. The standard InChI is InChI=1S/C20H22N6O3/c1-26-11-15(9-24-26)14-6-13-7-18(23-10-17(13)22-8-14)25-19(27)12-2-4-16(5-3-12)29-20(21)28/h6-12,16H,2-5H2,1H3,(H2,21,28)(H,23,25,27)/t12-,16-. The van der Waals surface area contributed by atoms with Gasteiger partial charge in [-0.15, -0.1) is 0 Å². The Hall–Kier alpha value is -3.49. The van der Waals surface area contributed by atoms with Crippen LogP contribution in [0.5, 0.6) is 0 Å². The van der Waals surface area contributed by atoms with Crippen LogP contribution in [0.1, 0.15) is 25.7 Å². The molecule has 1 fully saturated rings. The zero-order chi connectivity index (χ0) is 20.4. The highest BCUT2D eigenvalue weighted by Gasteiger charge is 2.28. The van der Waals surface area contributed by atoms with Crippen LogP contribution in [-0.4, -0.2) is 37.9 Å². The Labute approximate surface area is 167 Å². The predicted octanol–water partition coefficient (Wildman–Crippen LogP) is 2.62. The minimum absolute atomic E-state index is 0.0780. The molecule has 0 saturated heterocycles. The number of aromatic nitrogens is 4. The van der Waals surface area contributed by atoms with Crippen molar-refractivity contribution in [1.29, 1.82) is 0 Å². The van der Waals surface area contributed by atoms with Crippen LogP contribution in [0, 0.1) is 5.92 Å². The van der Waals surface area contributed by atoms with Gasteiger partial charge in [0.25, 0.3) is 0 Å². The van der Waals surface area contributed by atoms with Gasteiger partial charge >= 0.3 is 6.09 Å². The fraction of sp³-hybridized carbons (Fsp3) is 0.350. The number of carbonyl (C=O) groups excluding carboxylic acids is 2. The van der Waals surface area contributed by atoms with Gasteiger partial charge in [0.2, 0.25) is 5.91 Å². The second kappa shape index (κ2) is 7.86. The van der Waals surface area contributed by atoms with E-state index in [2.05, 4.69) is 20.4 Å². The minimum Gasteiger partial charge on any atom is -0.446 e. The number of ether oxygens (including phenoxy) is 1. The summed E-state index contributed by atoms with van der Waals surface area (Å²) in [6.45, 7) is 0. The Morgan fingerprint density at radius 2 is 1.90 bits per heavy atom. The molecule has 2 amide bonds. The smallest absolute Gasteiger partial charge is 0.404 e. The van der Waals surface area contributed by atoms with Crippen molar-refractivity contribution in [2.45, 2.75) is 31.8 Å². The van der Waals surface area contributed by atoms with E-state index in [4.69, 9.17) is 10.5 Å². The van der Waals surface area contributed by atoms with E-state index in [1.165, 1.54) is 0 Å². The minimum atomic E-state index is -0.766. The third kappa shape index (κ3) is 4.34. The van der Waals surface area contributed by atoms with E-state index in [0.29, 0.717) is 31.5 Å². The van der Waals surface area contributed by atoms with Crippen LogP contribution in [0.3, 0.4) is 0 Å². The summed E-state index contributed by atoms with van der Waals surface area (Å²) in [4.78, 5) is 32.2. The molecule has 0 aliphatic heterocycles. The number of nitrogens with zero attached hydrogens (tertiary/aromatic N) is 4. The summed E-state index contributed by atoms with van der Waals surface area (Å²) >= 11 is 0. The van der Waals surface area contributed by atoms with Crippen LogP contribution in [-0.2, 0) is 16.6 Å². The van der Waals surface area contributed by atoms with Crippen LogP contribution >= 0.6 is 0 Å². The molecule has 3 heterocycles. The molecular formula is C20H22N6O3. The van der Waals surface area contributed by atoms with Gasteiger partial charge in [0.15, 0.2) is 0 Å². The first kappa shape index (κ1) is 18.9. The lowest BCUT2D eigenvalue weighted by molar-refractivity contribution is -0.121. The number of fused-ring (bicyclic) bond motifs is 1. The van der Waals surface area contributed by atoms with E-state index in [9.17, 15) is 9.59 Å². The average molecular weight is 394 g/mol. The van der Waals surface area contributed by atoms with Gasteiger partial charge < -0.3 is 15.8 Å². The Bertz CT molecular complexity index is 1060. The Kier molecular flexibility index (Phi) is 5.11. The highest BCUT2D eigenvalue weighted by atomic mass is 16.6. The number of rotatable bonds is 4. The lowest BCUT2D eigenvalue weighted by atomic mass is 9.87. The number of nitrogens with two attached hydrogens (primary N) is 1. The summed E-state index contributed by atoms with van der Waals surface area (Å²) in [6.07, 6.45) is 8.71. The van der Waals surface area contributed by atoms with Crippen LogP contribution in [0.4, 0.5) is 10.6 Å². The molecule has 29 heavy (non-hydrogen) atoms. The molecule has 0 radical (unpaired) electrons. The molecular weight excluding hydrogens is 372 g/mol. The third-order valence-corrected chi connectivity index (χ3v) is 5.18. The van der Waals surface area contributed by atoms with Crippen molar-refractivity contribution in [3.8, 4) is 11.1 Å². The summed E-state index contributed by atoms with van der Waals surface area (Å²) in [6, 6.07) is 3.82. The Balaban J connectivity index is 1.45. The molecule has 3 aromatic rings. The van der Waals surface area contributed by atoms with Crippen LogP contribution < -0.4 is 11.1 Å². The van der Waals surface area contributed by atoms with E-state index < -0.39 is 6.09 Å². The highest BCUT2D eigenvalue weighted by Crippen LogP contribution is 2.28. The monoisotopic (exact) mass is 394 g/mol. The molecule has 0 bridgehead atoms. The van der Waals surface area contributed by atoms with Gasteiger partial charge in [-0.25, -0.2) is 9.78 Å². The Morgan fingerprint density at radius 1 is 1.10 bits per heavy atom. The summed E-state index contributed by atoms with van der Waals surface area (Å²) in [5, 5.41) is 7.97. The Morgan fingerprint density at radius 3 is 2.59 bits per heavy atom. The summed E-state index contributed by atoms with van der Waals surface area (Å²) in [5.74, 6) is 0.272. The molecule has 3 N–H and O–H groups in total. The maximum absolute atomic E-state index is 12.6. The topological polar surface area (TPSA) is 125 Å². The van der Waals surface area contributed by atoms with Crippen LogP contribution in [0.25, 0.3) is 22.0 Å². The van der Waals surface area contributed by atoms with Gasteiger partial charge in [-0.3, -0.25) is 14.5 Å². The zero-order valence-corrected chi connectivity index (χ0v) is 16.0. The molecule has 1 aliphatic rings. The van der Waals surface area contributed by atoms with Crippen molar-refractivity contribution in [3.63, 3.8) is 0 Å². The molecule has 0 unspecified atom stereocenters. The van der Waals surface area contributed by atoms with Crippen molar-refractivity contribution in [2.75, 3.05) is 5.32 Å². The summed E-state index contributed by atoms with van der Waals surface area (Å²) in [7, 11) is 1.86. The highest BCUT2D eigenvalue weighted by molar-refractivity contribution is 5.94. The number of pyridine rings is 2. The third-order valence-electron chi connectivity index (χ3n) is 5.18. The van der Waals surface area contributed by atoms with E-state index in [-0.39, 0.29) is 17.9 Å². The van der Waals surface area contributed by atoms with Crippen molar-refractivity contribution >= 4 is 28.7 Å². The lowest BCUT2D eigenvalue weighted by Crippen LogP contribution is -2.32. The first-order chi connectivity index (χ1) is 14.0. The van der Waals surface area contributed by atoms with Gasteiger partial charge in [-0.05, 0) is 37.8 Å². The second-order valence-electron chi connectivity index (χ2n) is 7.29. The normalized spacial score (nSPS) is 19.1. The molecule has 1 saturated carbocycles. The van der Waals surface area contributed by atoms with Crippen molar-refractivity contribution < 1.29 is 14.3 Å². The number of aryl methyl sites for hydroxylation is 1. The molecule has 4 rings (SSSR count). The molecule has 9 heteroatoms. The van der Waals surface area contributed by atoms with Gasteiger partial charge in [0, 0.05) is 41.9 Å².